The van der Waals surface area contributed by atoms with Crippen molar-refractivity contribution < 1.29 is 0 Å². The molecule has 0 heterocycles. The van der Waals surface area contributed by atoms with Gasteiger partial charge in [-0.25, -0.2) is 0 Å². The lowest BCUT2D eigenvalue weighted by Gasteiger charge is -1.93. The van der Waals surface area contributed by atoms with Crippen molar-refractivity contribution in [3.63, 3.8) is 0 Å². The maximum absolute atomic E-state index is 5.37. The molecule has 0 atom stereocenters. The summed E-state index contributed by atoms with van der Waals surface area (Å²) in [5.41, 5.74) is 0. The lowest BCUT2D eigenvalue weighted by Crippen LogP contribution is -1.85. The van der Waals surface area contributed by atoms with Crippen LogP contribution in [0, 0.1) is 6.42 Å². The molecule has 0 nitrogen and oxygen atoms in total. The molecule has 0 aromatic carbocycles. The van der Waals surface area contributed by atoms with Gasteiger partial charge < -0.3 is 0 Å². The molecule has 0 fully saturated rings. The highest BCUT2D eigenvalue weighted by Crippen LogP contribution is 2.08. The van der Waals surface area contributed by atoms with Crippen molar-refractivity contribution in [2.24, 2.45) is 0 Å². The predicted molar refractivity (Wildman–Crippen MR) is 34.7 cm³/mol. The molecule has 0 saturated carbocycles. The molecular formula is C5H9Cl2. The molecule has 0 aromatic heterocycles. The summed E-state index contributed by atoms with van der Waals surface area (Å²) in [5.74, 6) is 0. The topological polar surface area (TPSA) is 0 Å². The van der Waals surface area contributed by atoms with E-state index in [1.165, 1.54) is 0 Å². The molecule has 2 heteroatoms. The monoisotopic (exact) mass is 139 g/mol. The third-order valence-corrected chi connectivity index (χ3v) is 0.990. The first-order valence-electron chi connectivity index (χ1n) is 2.39. The van der Waals surface area contributed by atoms with Gasteiger partial charge in [0.25, 0.3) is 0 Å². The first-order chi connectivity index (χ1) is 3.27. The van der Waals surface area contributed by atoms with E-state index < -0.39 is 0 Å². The fourth-order valence-electron chi connectivity index (χ4n) is 0.293. The van der Waals surface area contributed by atoms with Gasteiger partial charge in [0, 0.05) is 0 Å². The number of unbranched alkanes of at least 4 members (excludes halogenated alkanes) is 1. The standard InChI is InChI=1S/C5H9Cl2/c1-2-3-4-5(6)7/h4-5H,2-3H2,1H3. The van der Waals surface area contributed by atoms with Crippen LogP contribution in [0.2, 0.25) is 0 Å². The summed E-state index contributed by atoms with van der Waals surface area (Å²) in [6, 6.07) is 0. The van der Waals surface area contributed by atoms with Gasteiger partial charge in [0.05, 0.1) is 0 Å². The second-order valence-corrected chi connectivity index (χ2v) is 2.52. The average molecular weight is 140 g/mol. The lowest BCUT2D eigenvalue weighted by atomic mass is 10.3. The minimum Gasteiger partial charge on any atom is -0.105 e. The van der Waals surface area contributed by atoms with Crippen molar-refractivity contribution in [3.8, 4) is 0 Å². The number of halogens is 2. The van der Waals surface area contributed by atoms with E-state index in [9.17, 15) is 0 Å². The van der Waals surface area contributed by atoms with E-state index in [2.05, 4.69) is 6.92 Å². The minimum atomic E-state index is -0.278. The normalized spacial score (nSPS) is 10.3. The van der Waals surface area contributed by atoms with Gasteiger partial charge >= 0.3 is 0 Å². The molecule has 1 radical (unpaired) electrons. The SMILES string of the molecule is CCC[CH]C(Cl)Cl. The molecule has 0 saturated heterocycles. The van der Waals surface area contributed by atoms with Crippen molar-refractivity contribution in [3.05, 3.63) is 6.42 Å². The molecule has 0 spiro atoms. The number of rotatable bonds is 3. The number of hydrogen-bond acceptors (Lipinski definition) is 0. The van der Waals surface area contributed by atoms with Gasteiger partial charge in [-0.15, -0.1) is 23.2 Å². The molecule has 0 unspecified atom stereocenters. The first kappa shape index (κ1) is 7.58. The van der Waals surface area contributed by atoms with Crippen LogP contribution >= 0.6 is 23.2 Å². The molecule has 0 aromatic rings. The highest BCUT2D eigenvalue weighted by atomic mass is 35.5. The summed E-state index contributed by atoms with van der Waals surface area (Å²) >= 11 is 10.7. The lowest BCUT2D eigenvalue weighted by molar-refractivity contribution is 0.892. The molecule has 0 aliphatic carbocycles. The maximum Gasteiger partial charge on any atom is 0.111 e. The van der Waals surface area contributed by atoms with Gasteiger partial charge in [0.1, 0.15) is 4.84 Å². The van der Waals surface area contributed by atoms with Crippen LogP contribution in [0.1, 0.15) is 19.8 Å². The molecule has 0 N–H and O–H groups in total. The van der Waals surface area contributed by atoms with Gasteiger partial charge in [0.15, 0.2) is 0 Å². The molecule has 0 aliphatic rings. The van der Waals surface area contributed by atoms with E-state index in [-0.39, 0.29) is 4.84 Å². The smallest absolute Gasteiger partial charge is 0.105 e. The summed E-state index contributed by atoms with van der Waals surface area (Å²) in [6.07, 6.45) is 4.01. The Bertz CT molecular complexity index is 35.1. The van der Waals surface area contributed by atoms with E-state index >= 15 is 0 Å². The second-order valence-electron chi connectivity index (χ2n) is 1.36. The molecule has 0 aliphatic heterocycles. The van der Waals surface area contributed by atoms with Crippen LogP contribution in [0.25, 0.3) is 0 Å². The Labute approximate surface area is 54.8 Å². The second kappa shape index (κ2) is 4.73. The van der Waals surface area contributed by atoms with E-state index in [4.69, 9.17) is 23.2 Å². The van der Waals surface area contributed by atoms with Gasteiger partial charge in [-0.1, -0.05) is 13.3 Å². The first-order valence-corrected chi connectivity index (χ1v) is 3.26. The number of hydrogen-bond donors (Lipinski definition) is 0. The summed E-state index contributed by atoms with van der Waals surface area (Å²) in [6.45, 7) is 2.09. The van der Waals surface area contributed by atoms with E-state index in [1.54, 1.807) is 0 Å². The Morgan fingerprint density at radius 2 is 2.14 bits per heavy atom. The van der Waals surface area contributed by atoms with Crippen LogP contribution in [0.5, 0.6) is 0 Å². The van der Waals surface area contributed by atoms with Crippen LogP contribution in [0.15, 0.2) is 0 Å². The average Bonchev–Trinajstić information content (AvgIpc) is 1.61. The van der Waals surface area contributed by atoms with Gasteiger partial charge in [-0.05, 0) is 12.8 Å². The summed E-state index contributed by atoms with van der Waals surface area (Å²) < 4.78 is 0. The van der Waals surface area contributed by atoms with E-state index in [0.29, 0.717) is 0 Å². The van der Waals surface area contributed by atoms with Crippen molar-refractivity contribution in [2.75, 3.05) is 0 Å². The molecule has 0 bridgehead atoms. The third-order valence-electron chi connectivity index (χ3n) is 0.634. The van der Waals surface area contributed by atoms with Crippen LogP contribution in [-0.4, -0.2) is 4.84 Å². The highest BCUT2D eigenvalue weighted by molar-refractivity contribution is 6.45. The molecule has 0 amide bonds. The van der Waals surface area contributed by atoms with E-state index in [1.807, 2.05) is 6.42 Å². The molecular weight excluding hydrogens is 131 g/mol. The van der Waals surface area contributed by atoms with Gasteiger partial charge in [0.2, 0.25) is 0 Å². The zero-order valence-electron chi connectivity index (χ0n) is 4.32. The summed E-state index contributed by atoms with van der Waals surface area (Å²) in [5, 5.41) is 0. The van der Waals surface area contributed by atoms with Crippen LogP contribution in [-0.2, 0) is 0 Å². The molecule has 0 rings (SSSR count). The van der Waals surface area contributed by atoms with Crippen LogP contribution in [0.4, 0.5) is 0 Å². The van der Waals surface area contributed by atoms with Crippen molar-refractivity contribution in [1.82, 2.24) is 0 Å². The van der Waals surface area contributed by atoms with Gasteiger partial charge in [-0.2, -0.15) is 0 Å². The Morgan fingerprint density at radius 3 is 2.29 bits per heavy atom. The number of alkyl halides is 2. The Balaban J connectivity index is 2.68. The van der Waals surface area contributed by atoms with Crippen molar-refractivity contribution in [1.29, 1.82) is 0 Å². The predicted octanol–water partition coefficient (Wildman–Crippen LogP) is 2.79. The highest BCUT2D eigenvalue weighted by Gasteiger charge is 1.94. The van der Waals surface area contributed by atoms with Crippen molar-refractivity contribution >= 4 is 23.2 Å². The van der Waals surface area contributed by atoms with Crippen LogP contribution < -0.4 is 0 Å². The summed E-state index contributed by atoms with van der Waals surface area (Å²) in [7, 11) is 0. The fraction of sp³-hybridized carbons (Fsp3) is 0.800. The molecule has 43 valence electrons. The van der Waals surface area contributed by atoms with Gasteiger partial charge in [-0.3, -0.25) is 0 Å². The Kier molecular flexibility index (Phi) is 5.12. The Hall–Kier alpha value is 0.580. The van der Waals surface area contributed by atoms with Crippen LogP contribution in [0.3, 0.4) is 0 Å². The quantitative estimate of drug-likeness (QED) is 0.528. The zero-order chi connectivity index (χ0) is 5.70. The molecule has 7 heavy (non-hydrogen) atoms. The third kappa shape index (κ3) is 6.58. The minimum absolute atomic E-state index is 0.278. The van der Waals surface area contributed by atoms with E-state index in [0.717, 1.165) is 12.8 Å². The zero-order valence-corrected chi connectivity index (χ0v) is 5.84. The largest absolute Gasteiger partial charge is 0.111 e. The fourth-order valence-corrected chi connectivity index (χ4v) is 0.545. The Morgan fingerprint density at radius 1 is 1.57 bits per heavy atom. The maximum atomic E-state index is 5.37. The van der Waals surface area contributed by atoms with Crippen molar-refractivity contribution in [2.45, 2.75) is 24.6 Å². The summed E-state index contributed by atoms with van der Waals surface area (Å²) in [4.78, 5) is -0.278.